The molecule has 2 fully saturated rings. The number of carbonyl (C=O) groups excluding carboxylic acids is 1. The Hall–Kier alpha value is -3.90. The highest BCUT2D eigenvalue weighted by molar-refractivity contribution is 6.30. The SMILES string of the molecule is O=C(N[C@H]1CC[C@H](Cn2c(=O)n(-c3ccc(N[C@@H]4CCOC4)nc3)c3ccccc32)CC1)c1cc(Cl)cnc1C(F)(F)F. The van der Waals surface area contributed by atoms with Gasteiger partial charge in [0, 0.05) is 25.4 Å². The topological polar surface area (TPSA) is 103 Å². The lowest BCUT2D eigenvalue weighted by atomic mass is 9.85. The molecule has 0 unspecified atom stereocenters. The van der Waals surface area contributed by atoms with E-state index in [4.69, 9.17) is 16.3 Å². The Bertz CT molecular complexity index is 1670. The molecule has 1 aliphatic carbocycles. The zero-order valence-corrected chi connectivity index (χ0v) is 23.9. The fourth-order valence-electron chi connectivity index (χ4n) is 5.94. The van der Waals surface area contributed by atoms with Crippen LogP contribution >= 0.6 is 11.6 Å². The first-order valence-electron chi connectivity index (χ1n) is 14.2. The number of aromatic nitrogens is 4. The second kappa shape index (κ2) is 12.0. The number of rotatable bonds is 7. The summed E-state index contributed by atoms with van der Waals surface area (Å²) < 4.78 is 49.0. The molecular formula is C30H30ClF3N6O3. The van der Waals surface area contributed by atoms with Crippen LogP contribution in [0.3, 0.4) is 0 Å². The summed E-state index contributed by atoms with van der Waals surface area (Å²) in [4.78, 5) is 34.4. The van der Waals surface area contributed by atoms with Crippen LogP contribution in [0.25, 0.3) is 16.7 Å². The van der Waals surface area contributed by atoms with Crippen molar-refractivity contribution in [3.8, 4) is 5.69 Å². The number of para-hydroxylation sites is 2. The summed E-state index contributed by atoms with van der Waals surface area (Å²) in [7, 11) is 0. The molecule has 1 aromatic carbocycles. The number of anilines is 1. The summed E-state index contributed by atoms with van der Waals surface area (Å²) in [6.07, 6.45) is 1.25. The van der Waals surface area contributed by atoms with Crippen molar-refractivity contribution in [2.75, 3.05) is 18.5 Å². The Morgan fingerprint density at radius 1 is 1.00 bits per heavy atom. The first kappa shape index (κ1) is 29.2. The molecule has 6 rings (SSSR count). The minimum absolute atomic E-state index is 0.0472. The van der Waals surface area contributed by atoms with Crippen LogP contribution in [-0.2, 0) is 17.5 Å². The van der Waals surface area contributed by atoms with Crippen LogP contribution in [0, 0.1) is 5.92 Å². The second-order valence-electron chi connectivity index (χ2n) is 11.1. The molecular weight excluding hydrogens is 585 g/mol. The number of hydrogen-bond donors (Lipinski definition) is 2. The summed E-state index contributed by atoms with van der Waals surface area (Å²) in [6.45, 7) is 1.85. The van der Waals surface area contributed by atoms with Crippen molar-refractivity contribution >= 4 is 34.4 Å². The maximum atomic E-state index is 13.7. The van der Waals surface area contributed by atoms with Gasteiger partial charge in [0.2, 0.25) is 0 Å². The smallest absolute Gasteiger partial charge is 0.379 e. The predicted molar refractivity (Wildman–Crippen MR) is 156 cm³/mol. The molecule has 226 valence electrons. The van der Waals surface area contributed by atoms with Gasteiger partial charge in [-0.05, 0) is 68.4 Å². The predicted octanol–water partition coefficient (Wildman–Crippen LogP) is 5.44. The standard InChI is InChI=1S/C30H30ClF3N6O3/c31-19-13-23(27(36-14-19)30(32,33)34)28(41)38-20-7-5-18(6-8-20)16-39-24-3-1-2-4-25(24)40(29(39)42)22-9-10-26(35-15-22)37-21-11-12-43-17-21/h1-4,9-10,13-15,18,20-21H,5-8,11-12,16-17H2,(H,35,37)(H,38,41)/t18-,20-,21-/m1/s1. The zero-order chi connectivity index (χ0) is 30.1. The van der Waals surface area contributed by atoms with Gasteiger partial charge in [0.15, 0.2) is 5.69 Å². The number of alkyl halides is 3. The number of ether oxygens (including phenoxy) is 1. The number of halogens is 4. The Morgan fingerprint density at radius 3 is 2.44 bits per heavy atom. The van der Waals surface area contributed by atoms with Crippen LogP contribution in [-0.4, -0.2) is 50.3 Å². The van der Waals surface area contributed by atoms with E-state index in [0.717, 1.165) is 42.1 Å². The average Bonchev–Trinajstić information content (AvgIpc) is 3.60. The first-order valence-corrected chi connectivity index (χ1v) is 14.6. The molecule has 0 spiro atoms. The summed E-state index contributed by atoms with van der Waals surface area (Å²) in [5, 5.41) is 6.03. The highest BCUT2D eigenvalue weighted by atomic mass is 35.5. The van der Waals surface area contributed by atoms with Crippen LogP contribution in [0.15, 0.2) is 59.7 Å². The molecule has 1 saturated heterocycles. The summed E-state index contributed by atoms with van der Waals surface area (Å²) in [5.74, 6) is 0.0274. The van der Waals surface area contributed by atoms with E-state index in [9.17, 15) is 22.8 Å². The van der Waals surface area contributed by atoms with Gasteiger partial charge in [0.1, 0.15) is 5.82 Å². The van der Waals surface area contributed by atoms with E-state index in [1.807, 2.05) is 36.4 Å². The Labute approximate surface area is 250 Å². The first-order chi connectivity index (χ1) is 20.7. The number of amides is 1. The maximum Gasteiger partial charge on any atom is 0.434 e. The van der Waals surface area contributed by atoms with Crippen molar-refractivity contribution in [1.82, 2.24) is 24.4 Å². The maximum absolute atomic E-state index is 13.7. The lowest BCUT2D eigenvalue weighted by Gasteiger charge is -2.29. The third kappa shape index (κ3) is 6.25. The quantitative estimate of drug-likeness (QED) is 0.287. The van der Waals surface area contributed by atoms with E-state index in [1.54, 1.807) is 15.3 Å². The van der Waals surface area contributed by atoms with Crippen molar-refractivity contribution in [1.29, 1.82) is 0 Å². The molecule has 3 aromatic heterocycles. The normalized spacial score (nSPS) is 20.8. The monoisotopic (exact) mass is 614 g/mol. The highest BCUT2D eigenvalue weighted by Crippen LogP contribution is 2.32. The van der Waals surface area contributed by atoms with Gasteiger partial charge in [-0.2, -0.15) is 13.2 Å². The van der Waals surface area contributed by atoms with Crippen LogP contribution in [0.1, 0.15) is 48.2 Å². The Kier molecular flexibility index (Phi) is 8.15. The van der Waals surface area contributed by atoms with Gasteiger partial charge in [-0.15, -0.1) is 0 Å². The average molecular weight is 615 g/mol. The van der Waals surface area contributed by atoms with E-state index < -0.39 is 23.3 Å². The highest BCUT2D eigenvalue weighted by Gasteiger charge is 2.38. The van der Waals surface area contributed by atoms with E-state index >= 15 is 0 Å². The molecule has 4 aromatic rings. The van der Waals surface area contributed by atoms with Crippen LogP contribution in [0.4, 0.5) is 19.0 Å². The molecule has 43 heavy (non-hydrogen) atoms. The molecule has 4 heterocycles. The zero-order valence-electron chi connectivity index (χ0n) is 23.1. The molecule has 0 bridgehead atoms. The fourth-order valence-corrected chi connectivity index (χ4v) is 6.10. The molecule has 2 aliphatic rings. The Morgan fingerprint density at radius 2 is 1.77 bits per heavy atom. The number of hydrogen-bond acceptors (Lipinski definition) is 6. The second-order valence-corrected chi connectivity index (χ2v) is 11.5. The van der Waals surface area contributed by atoms with Gasteiger partial charge in [0.05, 0.1) is 46.2 Å². The van der Waals surface area contributed by atoms with Gasteiger partial charge in [-0.1, -0.05) is 23.7 Å². The lowest BCUT2D eigenvalue weighted by molar-refractivity contribution is -0.141. The largest absolute Gasteiger partial charge is 0.434 e. The minimum Gasteiger partial charge on any atom is -0.379 e. The van der Waals surface area contributed by atoms with Crippen LogP contribution in [0.5, 0.6) is 0 Å². The van der Waals surface area contributed by atoms with E-state index in [0.29, 0.717) is 44.5 Å². The van der Waals surface area contributed by atoms with Gasteiger partial charge in [0.25, 0.3) is 5.91 Å². The number of nitrogens with one attached hydrogen (secondary N) is 2. The number of benzene rings is 1. The Balaban J connectivity index is 1.14. The molecule has 9 nitrogen and oxygen atoms in total. The van der Waals surface area contributed by atoms with Crippen molar-refractivity contribution in [2.24, 2.45) is 5.92 Å². The van der Waals surface area contributed by atoms with E-state index in [2.05, 4.69) is 20.6 Å². The van der Waals surface area contributed by atoms with Gasteiger partial charge in [-0.3, -0.25) is 13.9 Å². The lowest BCUT2D eigenvalue weighted by Crippen LogP contribution is -2.39. The van der Waals surface area contributed by atoms with Gasteiger partial charge < -0.3 is 15.4 Å². The van der Waals surface area contributed by atoms with Crippen molar-refractivity contribution in [2.45, 2.75) is 56.9 Å². The number of pyridine rings is 2. The number of nitrogens with zero attached hydrogens (tertiary/aromatic N) is 4. The summed E-state index contributed by atoms with van der Waals surface area (Å²) in [5.41, 5.74) is 0.220. The van der Waals surface area contributed by atoms with Gasteiger partial charge >= 0.3 is 11.9 Å². The molecule has 13 heteroatoms. The van der Waals surface area contributed by atoms with Crippen LogP contribution < -0.4 is 16.3 Å². The molecule has 0 radical (unpaired) electrons. The molecule has 2 N–H and O–H groups in total. The molecule has 1 amide bonds. The summed E-state index contributed by atoms with van der Waals surface area (Å²) in [6, 6.07) is 12.2. The number of fused-ring (bicyclic) bond motifs is 1. The third-order valence-electron chi connectivity index (χ3n) is 8.11. The third-order valence-corrected chi connectivity index (χ3v) is 8.32. The van der Waals surface area contributed by atoms with Crippen molar-refractivity contribution in [3.05, 3.63) is 81.6 Å². The number of carbonyl (C=O) groups is 1. The van der Waals surface area contributed by atoms with Crippen molar-refractivity contribution < 1.29 is 22.7 Å². The molecule has 1 saturated carbocycles. The fraction of sp³-hybridized carbons (Fsp3) is 0.400. The minimum atomic E-state index is -4.78. The van der Waals surface area contributed by atoms with Crippen molar-refractivity contribution in [3.63, 3.8) is 0 Å². The van der Waals surface area contributed by atoms with E-state index in [-0.39, 0.29) is 28.7 Å². The number of imidazole rings is 1. The summed E-state index contributed by atoms with van der Waals surface area (Å²) >= 11 is 5.83. The molecule has 1 aliphatic heterocycles. The molecule has 1 atom stereocenters. The van der Waals surface area contributed by atoms with Crippen LogP contribution in [0.2, 0.25) is 5.02 Å². The van der Waals surface area contributed by atoms with Gasteiger partial charge in [-0.25, -0.2) is 14.8 Å². The van der Waals surface area contributed by atoms with E-state index in [1.165, 1.54) is 0 Å².